The van der Waals surface area contributed by atoms with Gasteiger partial charge in [0.2, 0.25) is 0 Å². The molecule has 1 heteroatoms. The molecule has 0 bridgehead atoms. The number of hydrogen-bond donors (Lipinski definition) is 0. The van der Waals surface area contributed by atoms with Crippen molar-refractivity contribution in [3.63, 3.8) is 0 Å². The fraction of sp³-hybridized carbons (Fsp3) is 0.613. The quantitative estimate of drug-likeness (QED) is 0.345. The van der Waals surface area contributed by atoms with Crippen LogP contribution in [0.2, 0.25) is 0 Å². The van der Waals surface area contributed by atoms with Crippen molar-refractivity contribution in [2.45, 2.75) is 90.4 Å². The normalized spacial score (nSPS) is 26.2. The highest BCUT2D eigenvalue weighted by molar-refractivity contribution is 5.63. The number of benzene rings is 2. The maximum absolute atomic E-state index is 12.3. The van der Waals surface area contributed by atoms with Crippen molar-refractivity contribution < 1.29 is 4.39 Å². The zero-order valence-corrected chi connectivity index (χ0v) is 20.2. The molecule has 2 aliphatic carbocycles. The standard InChI is InChI=1S/C31H43F/c1-24-5-15-28(16-6-24)29-19-11-26(12-20-29)7-8-27-13-21-31(22-14-27)30-17-9-25(10-18-30)4-2-3-23-32/h5-6,11-12,15-16,19-20,25,27,30-31H,2-4,7-10,13-14,17-18,21-23H2,1H3. The van der Waals surface area contributed by atoms with E-state index < -0.39 is 0 Å². The van der Waals surface area contributed by atoms with Crippen LogP contribution in [0.1, 0.15) is 88.2 Å². The van der Waals surface area contributed by atoms with Crippen molar-refractivity contribution in [2.75, 3.05) is 6.67 Å². The molecule has 2 aliphatic rings. The van der Waals surface area contributed by atoms with Crippen LogP contribution in [0.25, 0.3) is 11.1 Å². The summed E-state index contributed by atoms with van der Waals surface area (Å²) in [6.07, 6.45) is 17.3. The summed E-state index contributed by atoms with van der Waals surface area (Å²) < 4.78 is 12.3. The molecule has 2 aromatic carbocycles. The van der Waals surface area contributed by atoms with E-state index in [0.29, 0.717) is 0 Å². The Bertz CT molecular complexity index is 774. The summed E-state index contributed by atoms with van der Waals surface area (Å²) in [5, 5.41) is 0. The summed E-state index contributed by atoms with van der Waals surface area (Å²) in [6, 6.07) is 18.1. The molecule has 0 radical (unpaired) electrons. The number of rotatable bonds is 9. The Morgan fingerprint density at radius 1 is 0.625 bits per heavy atom. The average Bonchev–Trinajstić information content (AvgIpc) is 2.85. The van der Waals surface area contributed by atoms with E-state index >= 15 is 0 Å². The first-order valence-corrected chi connectivity index (χ1v) is 13.4. The lowest BCUT2D eigenvalue weighted by atomic mass is 9.68. The van der Waals surface area contributed by atoms with Gasteiger partial charge in [0.25, 0.3) is 0 Å². The van der Waals surface area contributed by atoms with Crippen LogP contribution in [0, 0.1) is 30.6 Å². The predicted octanol–water partition coefficient (Wildman–Crippen LogP) is 9.35. The number of aryl methyl sites for hydroxylation is 2. The largest absolute Gasteiger partial charge is 0.251 e. The van der Waals surface area contributed by atoms with Crippen molar-refractivity contribution in [2.24, 2.45) is 23.7 Å². The van der Waals surface area contributed by atoms with Gasteiger partial charge in [0.1, 0.15) is 0 Å². The van der Waals surface area contributed by atoms with E-state index in [0.717, 1.165) is 36.5 Å². The average molecular weight is 435 g/mol. The number of alkyl halides is 1. The molecule has 0 heterocycles. The third kappa shape index (κ3) is 6.69. The molecule has 0 aromatic heterocycles. The van der Waals surface area contributed by atoms with Crippen LogP contribution >= 0.6 is 0 Å². The molecular formula is C31H43F. The lowest BCUT2D eigenvalue weighted by molar-refractivity contribution is 0.140. The van der Waals surface area contributed by atoms with Crippen LogP contribution in [0.4, 0.5) is 4.39 Å². The van der Waals surface area contributed by atoms with Gasteiger partial charge >= 0.3 is 0 Å². The van der Waals surface area contributed by atoms with Crippen molar-refractivity contribution in [3.8, 4) is 11.1 Å². The molecule has 0 nitrogen and oxygen atoms in total. The van der Waals surface area contributed by atoms with Gasteiger partial charge in [-0.25, -0.2) is 0 Å². The van der Waals surface area contributed by atoms with E-state index in [1.165, 1.54) is 92.9 Å². The number of hydrogen-bond acceptors (Lipinski definition) is 0. The molecule has 2 fully saturated rings. The molecule has 174 valence electrons. The molecule has 0 aliphatic heterocycles. The van der Waals surface area contributed by atoms with Crippen LogP contribution in [-0.4, -0.2) is 6.67 Å². The number of unbranched alkanes of at least 4 members (excludes halogenated alkanes) is 1. The minimum absolute atomic E-state index is 0.128. The van der Waals surface area contributed by atoms with Crippen molar-refractivity contribution in [3.05, 3.63) is 59.7 Å². The molecule has 2 aromatic rings. The molecule has 0 atom stereocenters. The highest BCUT2D eigenvalue weighted by atomic mass is 19.1. The topological polar surface area (TPSA) is 0 Å². The molecule has 2 saturated carbocycles. The highest BCUT2D eigenvalue weighted by Gasteiger charge is 2.30. The van der Waals surface area contributed by atoms with Crippen LogP contribution in [-0.2, 0) is 6.42 Å². The molecule has 0 saturated heterocycles. The minimum Gasteiger partial charge on any atom is -0.251 e. The second-order valence-corrected chi connectivity index (χ2v) is 10.8. The Balaban J connectivity index is 1.15. The maximum atomic E-state index is 12.3. The lowest BCUT2D eigenvalue weighted by Gasteiger charge is -2.38. The fourth-order valence-electron chi connectivity index (χ4n) is 6.40. The zero-order chi connectivity index (χ0) is 22.2. The number of halogens is 1. The molecule has 0 unspecified atom stereocenters. The van der Waals surface area contributed by atoms with Gasteiger partial charge in [0.15, 0.2) is 0 Å². The third-order valence-corrected chi connectivity index (χ3v) is 8.63. The van der Waals surface area contributed by atoms with Gasteiger partial charge in [0, 0.05) is 0 Å². The Kier molecular flexibility index (Phi) is 8.83. The first-order chi connectivity index (χ1) is 15.7. The van der Waals surface area contributed by atoms with Gasteiger partial charge in [-0.05, 0) is 92.2 Å². The van der Waals surface area contributed by atoms with E-state index in [-0.39, 0.29) is 6.67 Å². The summed E-state index contributed by atoms with van der Waals surface area (Å²) in [4.78, 5) is 0. The molecular weight excluding hydrogens is 391 g/mol. The smallest absolute Gasteiger partial charge is 0.0894 e. The monoisotopic (exact) mass is 434 g/mol. The molecule has 0 spiro atoms. The van der Waals surface area contributed by atoms with E-state index in [2.05, 4.69) is 55.5 Å². The Morgan fingerprint density at radius 3 is 1.66 bits per heavy atom. The second kappa shape index (κ2) is 12.0. The Labute approximate surface area is 196 Å². The third-order valence-electron chi connectivity index (χ3n) is 8.63. The summed E-state index contributed by atoms with van der Waals surface area (Å²) in [6.45, 7) is 2.02. The van der Waals surface area contributed by atoms with Crippen LogP contribution in [0.5, 0.6) is 0 Å². The van der Waals surface area contributed by atoms with E-state index in [1.807, 2.05) is 0 Å². The van der Waals surface area contributed by atoms with E-state index in [9.17, 15) is 4.39 Å². The van der Waals surface area contributed by atoms with Gasteiger partial charge in [0.05, 0.1) is 6.67 Å². The molecule has 0 amide bonds. The van der Waals surface area contributed by atoms with E-state index in [4.69, 9.17) is 0 Å². The Hall–Kier alpha value is -1.63. The fourth-order valence-corrected chi connectivity index (χ4v) is 6.40. The van der Waals surface area contributed by atoms with Gasteiger partial charge in [-0.15, -0.1) is 0 Å². The van der Waals surface area contributed by atoms with Gasteiger partial charge in [-0.1, -0.05) is 92.6 Å². The summed E-state index contributed by atoms with van der Waals surface area (Å²) in [5.74, 6) is 3.81. The van der Waals surface area contributed by atoms with Gasteiger partial charge in [-0.2, -0.15) is 0 Å². The van der Waals surface area contributed by atoms with Gasteiger partial charge < -0.3 is 0 Å². The zero-order valence-electron chi connectivity index (χ0n) is 20.2. The predicted molar refractivity (Wildman–Crippen MR) is 136 cm³/mol. The first kappa shape index (κ1) is 23.5. The van der Waals surface area contributed by atoms with Crippen molar-refractivity contribution in [1.82, 2.24) is 0 Å². The lowest BCUT2D eigenvalue weighted by Crippen LogP contribution is -2.26. The van der Waals surface area contributed by atoms with Gasteiger partial charge in [-0.3, -0.25) is 4.39 Å². The Morgan fingerprint density at radius 2 is 1.12 bits per heavy atom. The summed E-state index contributed by atoms with van der Waals surface area (Å²) in [5.41, 5.74) is 5.45. The molecule has 32 heavy (non-hydrogen) atoms. The highest BCUT2D eigenvalue weighted by Crippen LogP contribution is 2.43. The first-order valence-electron chi connectivity index (χ1n) is 13.4. The minimum atomic E-state index is -0.128. The molecule has 4 rings (SSSR count). The van der Waals surface area contributed by atoms with Crippen LogP contribution in [0.15, 0.2) is 48.5 Å². The van der Waals surface area contributed by atoms with Crippen LogP contribution < -0.4 is 0 Å². The second-order valence-electron chi connectivity index (χ2n) is 10.8. The van der Waals surface area contributed by atoms with Crippen molar-refractivity contribution in [1.29, 1.82) is 0 Å². The van der Waals surface area contributed by atoms with Crippen molar-refractivity contribution >= 4 is 0 Å². The van der Waals surface area contributed by atoms with Crippen LogP contribution in [0.3, 0.4) is 0 Å². The summed E-state index contributed by atoms with van der Waals surface area (Å²) >= 11 is 0. The summed E-state index contributed by atoms with van der Waals surface area (Å²) in [7, 11) is 0. The molecule has 0 N–H and O–H groups in total. The maximum Gasteiger partial charge on any atom is 0.0894 e. The SMILES string of the molecule is Cc1ccc(-c2ccc(CCC3CCC(C4CCC(CCCCF)CC4)CC3)cc2)cc1. The van der Waals surface area contributed by atoms with E-state index in [1.54, 1.807) is 0 Å².